The zero-order chi connectivity index (χ0) is 15.1. The van der Waals surface area contributed by atoms with E-state index in [2.05, 4.69) is 0 Å². The van der Waals surface area contributed by atoms with Crippen LogP contribution in [0.4, 0.5) is 0 Å². The summed E-state index contributed by atoms with van der Waals surface area (Å²) in [7, 11) is 15.2. The van der Waals surface area contributed by atoms with Crippen molar-refractivity contribution in [2.75, 3.05) is 5.75 Å². The second-order valence-electron chi connectivity index (χ2n) is 3.80. The third kappa shape index (κ3) is 16.8. The fourth-order valence-corrected chi connectivity index (χ4v) is 1.78. The molecule has 1 rings (SSSR count). The average molecular weight is 388 g/mol. The highest BCUT2D eigenvalue weighted by Gasteiger charge is 2.14. The van der Waals surface area contributed by atoms with Crippen molar-refractivity contribution in [3.63, 3.8) is 0 Å². The molecule has 0 saturated carbocycles. The minimum atomic E-state index is -3.79. The topological polar surface area (TPSA) is 63.2 Å². The van der Waals surface area contributed by atoms with E-state index in [0.29, 0.717) is 6.42 Å². The largest absolute Gasteiger partial charge is 0.564 e. The second kappa shape index (κ2) is 8.96. The number of nitrogens with zero attached hydrogens (tertiary/aromatic N) is 2. The van der Waals surface area contributed by atoms with Crippen LogP contribution in [-0.4, -0.2) is 32.7 Å². The van der Waals surface area contributed by atoms with Gasteiger partial charge in [0.1, 0.15) is 12.4 Å². The van der Waals surface area contributed by atoms with Gasteiger partial charge in [0, 0.05) is 0 Å². The Balaban J connectivity index is 0.000000555. The van der Waals surface area contributed by atoms with Gasteiger partial charge in [-0.05, 0) is 12.8 Å². The van der Waals surface area contributed by atoms with E-state index < -0.39 is 19.5 Å². The Kier molecular flexibility index (Phi) is 9.34. The summed E-state index contributed by atoms with van der Waals surface area (Å²) in [6.45, 7) is 0.774. The van der Waals surface area contributed by atoms with E-state index >= 15 is 0 Å². The first-order chi connectivity index (χ1) is 8.47. The van der Waals surface area contributed by atoms with Crippen LogP contribution < -0.4 is 4.57 Å². The van der Waals surface area contributed by atoms with Crippen LogP contribution in [0.1, 0.15) is 12.8 Å². The predicted molar refractivity (Wildman–Crippen MR) is 80.4 cm³/mol. The molecule has 0 saturated heterocycles. The van der Waals surface area contributed by atoms with Crippen LogP contribution in [0.15, 0.2) is 18.7 Å². The lowest BCUT2D eigenvalue weighted by atomic mass is 10.3. The van der Waals surface area contributed by atoms with Crippen molar-refractivity contribution >= 4 is 59.7 Å². The van der Waals surface area contributed by atoms with Gasteiger partial charge in [0.25, 0.3) is 10.1 Å². The SMILES string of the molecule is C[n+]1ccn(CCCCS(=O)(=O)O)c1.[Cl][Al-]([Cl])([Cl])[Cl]. The Morgan fingerprint density at radius 2 is 1.79 bits per heavy atom. The van der Waals surface area contributed by atoms with Crippen molar-refractivity contribution < 1.29 is 17.5 Å². The van der Waals surface area contributed by atoms with Crippen LogP contribution in [0.25, 0.3) is 0 Å². The smallest absolute Gasteiger partial charge is 0.391 e. The van der Waals surface area contributed by atoms with E-state index in [1.54, 1.807) is 0 Å². The molecule has 11 heteroatoms. The highest BCUT2D eigenvalue weighted by molar-refractivity contribution is 7.85. The average Bonchev–Trinajstić information content (AvgIpc) is 2.55. The number of aromatic nitrogens is 2. The third-order valence-corrected chi connectivity index (χ3v) is 2.70. The van der Waals surface area contributed by atoms with Crippen LogP contribution in [-0.2, 0) is 23.7 Å². The summed E-state index contributed by atoms with van der Waals surface area (Å²) in [5.41, 5.74) is 0. The van der Waals surface area contributed by atoms with Gasteiger partial charge in [0.15, 0.2) is 0 Å². The maximum Gasteiger partial charge on any atom is 0.564 e. The first kappa shape index (κ1) is 19.8. The van der Waals surface area contributed by atoms with E-state index in [1.165, 1.54) is 0 Å². The molecule has 0 aromatic carbocycles. The molecule has 0 aliphatic rings. The molecule has 0 radical (unpaired) electrons. The van der Waals surface area contributed by atoms with Crippen molar-refractivity contribution in [2.45, 2.75) is 19.4 Å². The summed E-state index contributed by atoms with van der Waals surface area (Å²) < 4.78 is 33.2. The van der Waals surface area contributed by atoms with Crippen molar-refractivity contribution in [3.8, 4) is 0 Å². The fraction of sp³-hybridized carbons (Fsp3) is 0.625. The molecule has 0 unspecified atom stereocenters. The number of halogens is 4. The zero-order valence-electron chi connectivity index (χ0n) is 10.2. The first-order valence-corrected chi connectivity index (χ1v) is 13.9. The molecule has 0 aliphatic heterocycles. The van der Waals surface area contributed by atoms with Crippen LogP contribution in [0.3, 0.4) is 0 Å². The Bertz CT molecular complexity index is 469. The van der Waals surface area contributed by atoms with Gasteiger partial charge in [0.05, 0.1) is 19.3 Å². The molecule has 5 nitrogen and oxygen atoms in total. The number of hydrogen-bond donors (Lipinski definition) is 1. The van der Waals surface area contributed by atoms with Crippen LogP contribution >= 0.6 is 40.2 Å². The van der Waals surface area contributed by atoms with E-state index in [4.69, 9.17) is 44.7 Å². The van der Waals surface area contributed by atoms with Gasteiger partial charge in [-0.3, -0.25) is 4.55 Å². The van der Waals surface area contributed by atoms with Crippen molar-refractivity contribution in [1.29, 1.82) is 0 Å². The normalized spacial score (nSPS) is 11.9. The quantitative estimate of drug-likeness (QED) is 0.365. The van der Waals surface area contributed by atoms with Crippen LogP contribution in [0, 0.1) is 0 Å². The van der Waals surface area contributed by atoms with Gasteiger partial charge in [0.2, 0.25) is 6.33 Å². The molecule has 0 aliphatic carbocycles. The molecule has 112 valence electrons. The van der Waals surface area contributed by atoms with Gasteiger partial charge in [-0.15, -0.1) is 0 Å². The first-order valence-electron chi connectivity index (χ1n) is 5.31. The lowest BCUT2D eigenvalue weighted by Gasteiger charge is -1.97. The number of imidazole rings is 1. The number of aryl methyl sites for hydroxylation is 2. The summed E-state index contributed by atoms with van der Waals surface area (Å²) >= 11 is 0. The molecule has 1 heterocycles. The van der Waals surface area contributed by atoms with Crippen molar-refractivity contribution in [2.24, 2.45) is 7.05 Å². The van der Waals surface area contributed by atoms with Crippen LogP contribution in [0.2, 0.25) is 0 Å². The summed E-state index contributed by atoms with van der Waals surface area (Å²) in [6.07, 6.45) is 7.00. The minimum absolute atomic E-state index is 0.152. The zero-order valence-corrected chi connectivity index (χ0v) is 15.2. The standard InChI is InChI=1S/C8H14N2O3S.Al.4ClH/c1-9-5-6-10(8-9)4-2-3-7-14(11,12)13;;;;;/h5-6,8H,2-4,7H2,1H3;;4*1H/q;+3;;;;/p-3. The van der Waals surface area contributed by atoms with E-state index in [9.17, 15) is 8.42 Å². The van der Waals surface area contributed by atoms with Gasteiger partial charge >= 0.3 is 9.39 Å². The molecule has 0 fully saturated rings. The summed E-state index contributed by atoms with van der Waals surface area (Å²) in [6, 6.07) is 0. The van der Waals surface area contributed by atoms with Gasteiger partial charge in [-0.1, -0.05) is 0 Å². The molecule has 1 aromatic rings. The Hall–Kier alpha value is 0.812. The van der Waals surface area contributed by atoms with Crippen LogP contribution in [0.5, 0.6) is 0 Å². The molecule has 0 spiro atoms. The molecule has 0 atom stereocenters. The Morgan fingerprint density at radius 3 is 2.16 bits per heavy atom. The van der Waals surface area contributed by atoms with E-state index in [-0.39, 0.29) is 5.75 Å². The summed E-state index contributed by atoms with van der Waals surface area (Å²) in [5.74, 6) is -0.152. The van der Waals surface area contributed by atoms with Crippen molar-refractivity contribution in [1.82, 2.24) is 4.57 Å². The lowest BCUT2D eigenvalue weighted by Crippen LogP contribution is -2.23. The fourth-order valence-electron chi connectivity index (χ4n) is 1.21. The van der Waals surface area contributed by atoms with E-state index in [1.807, 2.05) is 34.9 Å². The van der Waals surface area contributed by atoms with E-state index in [0.717, 1.165) is 13.0 Å². The summed E-state index contributed by atoms with van der Waals surface area (Å²) in [5, 5.41) is 0. The Morgan fingerprint density at radius 1 is 1.26 bits per heavy atom. The molecule has 0 amide bonds. The molecular weight excluding hydrogens is 373 g/mol. The third-order valence-electron chi connectivity index (χ3n) is 1.89. The second-order valence-corrected chi connectivity index (χ2v) is 18.2. The molecule has 1 aromatic heterocycles. The minimum Gasteiger partial charge on any atom is -0.391 e. The lowest BCUT2D eigenvalue weighted by molar-refractivity contribution is -0.671. The van der Waals surface area contributed by atoms with Crippen molar-refractivity contribution in [3.05, 3.63) is 18.7 Å². The van der Waals surface area contributed by atoms with Gasteiger partial charge < -0.3 is 40.2 Å². The highest BCUT2D eigenvalue weighted by atomic mass is 35.9. The monoisotopic (exact) mass is 386 g/mol. The molecule has 0 bridgehead atoms. The number of hydrogen-bond acceptors (Lipinski definition) is 2. The van der Waals surface area contributed by atoms with Gasteiger partial charge in [-0.25, -0.2) is 9.13 Å². The molecule has 19 heavy (non-hydrogen) atoms. The Labute approximate surface area is 132 Å². The maximum atomic E-state index is 10.4. The number of rotatable bonds is 5. The molecular formula is C8H15AlCl4N2O3S. The summed E-state index contributed by atoms with van der Waals surface area (Å²) in [4.78, 5) is 0. The van der Waals surface area contributed by atoms with Gasteiger partial charge in [-0.2, -0.15) is 8.42 Å². The number of unbranched alkanes of at least 4 members (excludes halogenated alkanes) is 1. The predicted octanol–water partition coefficient (Wildman–Crippen LogP) is 2.36. The highest BCUT2D eigenvalue weighted by Crippen LogP contribution is 2.23. The molecule has 1 N–H and O–H groups in total. The maximum absolute atomic E-state index is 10.4.